The highest BCUT2D eigenvalue weighted by Crippen LogP contribution is 2.35. The third-order valence-corrected chi connectivity index (χ3v) is 2.52. The second-order valence-electron chi connectivity index (χ2n) is 3.71. The highest BCUT2D eigenvalue weighted by atomic mass is 19.1. The molecule has 0 saturated carbocycles. The van der Waals surface area contributed by atoms with Gasteiger partial charge in [-0.25, -0.2) is 4.39 Å². The van der Waals surface area contributed by atoms with E-state index in [-0.39, 0.29) is 17.9 Å². The highest BCUT2D eigenvalue weighted by molar-refractivity contribution is 5.84. The van der Waals surface area contributed by atoms with Gasteiger partial charge in [0.05, 0.1) is 23.2 Å². The molecular weight excluding hydrogens is 269 g/mol. The first-order chi connectivity index (χ1) is 9.46. The van der Waals surface area contributed by atoms with Crippen LogP contribution >= 0.6 is 0 Å². The van der Waals surface area contributed by atoms with E-state index in [1.165, 1.54) is 14.0 Å². The van der Waals surface area contributed by atoms with Crippen molar-refractivity contribution in [2.24, 2.45) is 0 Å². The van der Waals surface area contributed by atoms with Crippen LogP contribution in [0.3, 0.4) is 0 Å². The quantitative estimate of drug-likeness (QED) is 0.502. The Labute approximate surface area is 114 Å². The fourth-order valence-corrected chi connectivity index (χ4v) is 1.71. The van der Waals surface area contributed by atoms with E-state index in [9.17, 15) is 19.3 Å². The van der Waals surface area contributed by atoms with Crippen LogP contribution in [0, 0.1) is 27.3 Å². The van der Waals surface area contributed by atoms with Crippen LogP contribution in [0.25, 0.3) is 0 Å². The molecular formula is C12H12FN3O4. The molecule has 1 rings (SSSR count). The van der Waals surface area contributed by atoms with Crippen molar-refractivity contribution in [1.29, 1.82) is 5.26 Å². The van der Waals surface area contributed by atoms with Gasteiger partial charge in [-0.2, -0.15) is 5.26 Å². The standard InChI is InChI=1S/C12H12FN3O4/c1-3-20-12(17)9(6-14)8-4-7(13)5-10(15-2)11(8)16(18)19/h4-5,9,15H,3H2,1-2H3. The maximum absolute atomic E-state index is 13.5. The number of anilines is 1. The number of benzene rings is 1. The van der Waals surface area contributed by atoms with Crippen LogP contribution in [0.15, 0.2) is 12.1 Å². The molecule has 0 aliphatic carbocycles. The number of esters is 1. The average Bonchev–Trinajstić information content (AvgIpc) is 2.38. The number of hydrogen-bond acceptors (Lipinski definition) is 6. The van der Waals surface area contributed by atoms with E-state index in [4.69, 9.17) is 5.26 Å². The highest BCUT2D eigenvalue weighted by Gasteiger charge is 2.32. The van der Waals surface area contributed by atoms with Crippen LogP contribution in [0.1, 0.15) is 18.4 Å². The molecule has 1 N–H and O–H groups in total. The summed E-state index contributed by atoms with van der Waals surface area (Å²) in [6, 6.07) is 3.32. The molecule has 106 valence electrons. The lowest BCUT2D eigenvalue weighted by molar-refractivity contribution is -0.384. The number of carbonyl (C=O) groups is 1. The number of rotatable bonds is 5. The van der Waals surface area contributed by atoms with Gasteiger partial charge in [-0.05, 0) is 13.0 Å². The lowest BCUT2D eigenvalue weighted by Gasteiger charge is -2.12. The summed E-state index contributed by atoms with van der Waals surface area (Å²) in [6.45, 7) is 1.55. The number of nitrogens with one attached hydrogen (secondary N) is 1. The zero-order valence-corrected chi connectivity index (χ0v) is 10.8. The fraction of sp³-hybridized carbons (Fsp3) is 0.333. The van der Waals surface area contributed by atoms with E-state index in [0.717, 1.165) is 12.1 Å². The first-order valence-corrected chi connectivity index (χ1v) is 5.68. The van der Waals surface area contributed by atoms with Gasteiger partial charge in [-0.3, -0.25) is 14.9 Å². The van der Waals surface area contributed by atoms with Crippen LogP contribution in [0.5, 0.6) is 0 Å². The number of carbonyl (C=O) groups excluding carboxylic acids is 1. The van der Waals surface area contributed by atoms with Crippen LogP contribution in [-0.2, 0) is 9.53 Å². The smallest absolute Gasteiger partial charge is 0.328 e. The molecule has 0 saturated heterocycles. The van der Waals surface area contributed by atoms with Gasteiger partial charge in [0.15, 0.2) is 5.92 Å². The van der Waals surface area contributed by atoms with Crippen molar-refractivity contribution in [3.05, 3.63) is 33.6 Å². The topological polar surface area (TPSA) is 105 Å². The van der Waals surface area contributed by atoms with E-state index >= 15 is 0 Å². The molecule has 1 unspecified atom stereocenters. The third kappa shape index (κ3) is 3.00. The number of nitro benzene ring substituents is 1. The molecule has 0 heterocycles. The van der Waals surface area contributed by atoms with Crippen molar-refractivity contribution < 1.29 is 18.8 Å². The molecule has 0 aliphatic heterocycles. The maximum Gasteiger partial charge on any atom is 0.328 e. The maximum atomic E-state index is 13.5. The second kappa shape index (κ2) is 6.47. The van der Waals surface area contributed by atoms with Crippen molar-refractivity contribution in [3.63, 3.8) is 0 Å². The lowest BCUT2D eigenvalue weighted by Crippen LogP contribution is -2.16. The second-order valence-corrected chi connectivity index (χ2v) is 3.71. The summed E-state index contributed by atoms with van der Waals surface area (Å²) in [6.07, 6.45) is 0. The first kappa shape index (κ1) is 15.4. The van der Waals surface area contributed by atoms with Crippen molar-refractivity contribution in [2.45, 2.75) is 12.8 Å². The minimum Gasteiger partial charge on any atom is -0.465 e. The Morgan fingerprint density at radius 3 is 2.75 bits per heavy atom. The SMILES string of the molecule is CCOC(=O)C(C#N)c1cc(F)cc(NC)c1[N+](=O)[O-]. The van der Waals surface area contributed by atoms with Gasteiger partial charge >= 0.3 is 5.97 Å². The summed E-state index contributed by atoms with van der Waals surface area (Å²) in [5.41, 5.74) is -0.969. The zero-order chi connectivity index (χ0) is 15.3. The number of hydrogen-bond donors (Lipinski definition) is 1. The van der Waals surface area contributed by atoms with Gasteiger partial charge < -0.3 is 10.1 Å². The van der Waals surface area contributed by atoms with E-state index in [2.05, 4.69) is 10.1 Å². The van der Waals surface area contributed by atoms with E-state index in [1.54, 1.807) is 6.07 Å². The predicted molar refractivity (Wildman–Crippen MR) is 67.6 cm³/mol. The molecule has 20 heavy (non-hydrogen) atoms. The van der Waals surface area contributed by atoms with Crippen molar-refractivity contribution >= 4 is 17.3 Å². The summed E-state index contributed by atoms with van der Waals surface area (Å²) in [7, 11) is 1.37. The summed E-state index contributed by atoms with van der Waals surface area (Å²) in [5, 5.41) is 22.6. The predicted octanol–water partition coefficient (Wildman–Crippen LogP) is 1.95. The van der Waals surface area contributed by atoms with Crippen molar-refractivity contribution in [1.82, 2.24) is 0 Å². The molecule has 0 radical (unpaired) electrons. The van der Waals surface area contributed by atoms with E-state index in [1.807, 2.05) is 0 Å². The third-order valence-electron chi connectivity index (χ3n) is 2.52. The number of ether oxygens (including phenoxy) is 1. The molecule has 0 aromatic heterocycles. The Kier molecular flexibility index (Phi) is 4.97. The van der Waals surface area contributed by atoms with Crippen molar-refractivity contribution in [3.8, 4) is 6.07 Å². The molecule has 0 bridgehead atoms. The summed E-state index contributed by atoms with van der Waals surface area (Å²) in [4.78, 5) is 22.0. The first-order valence-electron chi connectivity index (χ1n) is 5.68. The molecule has 1 atom stereocenters. The van der Waals surface area contributed by atoms with Crippen LogP contribution in [0.2, 0.25) is 0 Å². The lowest BCUT2D eigenvalue weighted by atomic mass is 9.97. The average molecular weight is 281 g/mol. The molecule has 8 heteroatoms. The molecule has 0 aliphatic rings. The summed E-state index contributed by atoms with van der Waals surface area (Å²) < 4.78 is 18.2. The molecule has 7 nitrogen and oxygen atoms in total. The van der Waals surface area contributed by atoms with Gasteiger partial charge in [-0.1, -0.05) is 0 Å². The molecule has 1 aromatic rings. The minimum absolute atomic E-state index is 0.0129. The Morgan fingerprint density at radius 2 is 2.30 bits per heavy atom. The van der Waals surface area contributed by atoms with E-state index in [0.29, 0.717) is 0 Å². The molecule has 0 spiro atoms. The molecule has 0 fully saturated rings. The number of halogens is 1. The summed E-state index contributed by atoms with van der Waals surface area (Å²) >= 11 is 0. The Balaban J connectivity index is 3.49. The largest absolute Gasteiger partial charge is 0.465 e. The fourth-order valence-electron chi connectivity index (χ4n) is 1.71. The number of nitro groups is 1. The number of nitrogens with zero attached hydrogens (tertiary/aromatic N) is 2. The normalized spacial score (nSPS) is 11.3. The van der Waals surface area contributed by atoms with E-state index < -0.39 is 28.3 Å². The van der Waals surface area contributed by atoms with Gasteiger partial charge in [0.1, 0.15) is 11.5 Å². The Bertz CT molecular complexity index is 583. The Hall–Kier alpha value is -2.69. The zero-order valence-electron chi connectivity index (χ0n) is 10.8. The number of nitriles is 1. The minimum atomic E-state index is -1.56. The van der Waals surface area contributed by atoms with Gasteiger partial charge in [-0.15, -0.1) is 0 Å². The van der Waals surface area contributed by atoms with Gasteiger partial charge in [0, 0.05) is 13.1 Å². The van der Waals surface area contributed by atoms with Crippen LogP contribution in [-0.4, -0.2) is 24.5 Å². The summed E-state index contributed by atoms with van der Waals surface area (Å²) in [5.74, 6) is -3.30. The monoisotopic (exact) mass is 281 g/mol. The Morgan fingerprint density at radius 1 is 1.65 bits per heavy atom. The van der Waals surface area contributed by atoms with Gasteiger partial charge in [0.2, 0.25) is 0 Å². The van der Waals surface area contributed by atoms with Gasteiger partial charge in [0.25, 0.3) is 5.69 Å². The van der Waals surface area contributed by atoms with Crippen molar-refractivity contribution in [2.75, 3.05) is 19.0 Å². The molecule has 0 amide bonds. The molecule has 1 aromatic carbocycles. The van der Waals surface area contributed by atoms with Crippen LogP contribution in [0.4, 0.5) is 15.8 Å². The van der Waals surface area contributed by atoms with Crippen LogP contribution < -0.4 is 5.32 Å².